The number of allylic oxidation sites excluding steroid dienone is 25. The molecule has 0 aliphatic rings. The third-order valence-electron chi connectivity index (χ3n) is 14.5. The second kappa shape index (κ2) is 64.6. The number of carbonyl (C=O) groups excluding carboxylic acids is 1. The van der Waals surface area contributed by atoms with Gasteiger partial charge < -0.3 is 28.8 Å². The Bertz CT molecular complexity index is 1940. The molecular weight excluding hydrogens is 1070 g/mol. The van der Waals surface area contributed by atoms with Crippen molar-refractivity contribution >= 4 is 13.7 Å². The van der Waals surface area contributed by atoms with Crippen LogP contribution in [-0.4, -0.2) is 68.5 Å². The number of amides is 1. The Balaban J connectivity index is 4.28. The minimum atomic E-state index is -4.63. The average molecular weight is 1200 g/mol. The van der Waals surface area contributed by atoms with Gasteiger partial charge in [0.1, 0.15) is 13.2 Å². The van der Waals surface area contributed by atoms with E-state index in [-0.39, 0.29) is 18.9 Å². The van der Waals surface area contributed by atoms with E-state index in [4.69, 9.17) is 9.05 Å². The number of rotatable bonds is 61. The Morgan fingerprint density at radius 3 is 1.09 bits per heavy atom. The van der Waals surface area contributed by atoms with Crippen LogP contribution in [0.1, 0.15) is 264 Å². The van der Waals surface area contributed by atoms with Gasteiger partial charge in [-0.25, -0.2) is 0 Å². The fourth-order valence-electron chi connectivity index (χ4n) is 9.17. The fourth-order valence-corrected chi connectivity index (χ4v) is 9.90. The number of carbonyl (C=O) groups is 1. The molecule has 3 atom stereocenters. The molecule has 0 fully saturated rings. The van der Waals surface area contributed by atoms with E-state index < -0.39 is 26.6 Å². The molecule has 0 heterocycles. The average Bonchev–Trinajstić information content (AvgIpc) is 3.49. The van der Waals surface area contributed by atoms with E-state index in [1.807, 2.05) is 27.2 Å². The van der Waals surface area contributed by atoms with Gasteiger partial charge >= 0.3 is 0 Å². The van der Waals surface area contributed by atoms with Crippen molar-refractivity contribution in [3.63, 3.8) is 0 Å². The fraction of sp³-hybridized carbons (Fsp3) is 0.645. The highest BCUT2D eigenvalue weighted by Gasteiger charge is 2.23. The van der Waals surface area contributed by atoms with Crippen LogP contribution in [0.25, 0.3) is 0 Å². The van der Waals surface area contributed by atoms with Gasteiger partial charge in [-0.05, 0) is 116 Å². The zero-order valence-corrected chi connectivity index (χ0v) is 56.1. The van der Waals surface area contributed by atoms with E-state index in [1.165, 1.54) is 128 Å². The van der Waals surface area contributed by atoms with Crippen molar-refractivity contribution in [2.45, 2.75) is 276 Å². The Kier molecular flexibility index (Phi) is 61.6. The maximum absolute atomic E-state index is 13.0. The van der Waals surface area contributed by atoms with Crippen molar-refractivity contribution in [1.29, 1.82) is 0 Å². The number of likely N-dealkylation sites (N-methyl/N-ethyl adjacent to an activating group) is 1. The molecule has 8 nitrogen and oxygen atoms in total. The minimum absolute atomic E-state index is 0.0217. The quantitative estimate of drug-likeness (QED) is 0.0272. The van der Waals surface area contributed by atoms with Crippen molar-refractivity contribution in [1.82, 2.24) is 5.32 Å². The summed E-state index contributed by atoms with van der Waals surface area (Å²) in [6.45, 7) is 4.49. The zero-order chi connectivity index (χ0) is 61.9. The molecule has 0 spiro atoms. The summed E-state index contributed by atoms with van der Waals surface area (Å²) in [7, 11) is 1.20. The van der Waals surface area contributed by atoms with Gasteiger partial charge in [0.2, 0.25) is 5.91 Å². The first-order valence-electron chi connectivity index (χ1n) is 34.3. The predicted molar refractivity (Wildman–Crippen MR) is 371 cm³/mol. The van der Waals surface area contributed by atoms with E-state index in [1.54, 1.807) is 6.08 Å². The summed E-state index contributed by atoms with van der Waals surface area (Å²) in [5.41, 5.74) is 0. The molecule has 0 aromatic carbocycles. The summed E-state index contributed by atoms with van der Waals surface area (Å²) in [6.07, 6.45) is 101. The number of hydrogen-bond donors (Lipinski definition) is 2. The molecule has 0 aliphatic heterocycles. The number of hydrogen-bond acceptors (Lipinski definition) is 6. The Labute approximate surface area is 524 Å². The van der Waals surface area contributed by atoms with Crippen molar-refractivity contribution < 1.29 is 32.9 Å². The molecule has 2 N–H and O–H groups in total. The third-order valence-corrected chi connectivity index (χ3v) is 15.4. The highest BCUT2D eigenvalue weighted by molar-refractivity contribution is 7.45. The van der Waals surface area contributed by atoms with Gasteiger partial charge in [0.05, 0.1) is 39.9 Å². The largest absolute Gasteiger partial charge is 0.756 e. The lowest BCUT2D eigenvalue weighted by Crippen LogP contribution is -2.45. The maximum Gasteiger partial charge on any atom is 0.268 e. The van der Waals surface area contributed by atoms with E-state index in [0.29, 0.717) is 17.4 Å². The SMILES string of the molecule is CC/C=C\C/C=C\C/C=C\C/C=C\C/C=C\C/C=C\C/C=C\C/C=C\C/C=C\C/C=C\C/C=C\CCCCCC(=O)NC(COP(=O)([O-])OCC[N+](C)(C)C)C(O)/C=C/CC/C=C/CCCCCCCCCCCCCCCCCCCCCC. The summed E-state index contributed by atoms with van der Waals surface area (Å²) >= 11 is 0. The number of phosphoric ester groups is 1. The third kappa shape index (κ3) is 67.5. The van der Waals surface area contributed by atoms with Crippen LogP contribution in [0.2, 0.25) is 0 Å². The molecule has 0 aromatic heterocycles. The predicted octanol–water partition coefficient (Wildman–Crippen LogP) is 21.5. The van der Waals surface area contributed by atoms with Crippen LogP contribution in [0.15, 0.2) is 158 Å². The Hall–Kier alpha value is -3.88. The summed E-state index contributed by atoms with van der Waals surface area (Å²) in [5, 5.41) is 13.9. The van der Waals surface area contributed by atoms with Crippen LogP contribution in [-0.2, 0) is 18.4 Å². The molecule has 0 saturated heterocycles. The van der Waals surface area contributed by atoms with Gasteiger partial charge in [-0.2, -0.15) is 0 Å². The van der Waals surface area contributed by atoms with Gasteiger partial charge in [0.15, 0.2) is 0 Å². The van der Waals surface area contributed by atoms with Gasteiger partial charge in [-0.15, -0.1) is 0 Å². The monoisotopic (exact) mass is 1200 g/mol. The lowest BCUT2D eigenvalue weighted by molar-refractivity contribution is -0.870. The van der Waals surface area contributed by atoms with E-state index in [9.17, 15) is 19.4 Å². The van der Waals surface area contributed by atoms with Crippen LogP contribution < -0.4 is 10.2 Å². The molecule has 9 heteroatoms. The van der Waals surface area contributed by atoms with Crippen LogP contribution >= 0.6 is 7.82 Å². The van der Waals surface area contributed by atoms with Gasteiger partial charge in [0, 0.05) is 6.42 Å². The van der Waals surface area contributed by atoms with Crippen molar-refractivity contribution in [3.8, 4) is 0 Å². The van der Waals surface area contributed by atoms with Crippen molar-refractivity contribution in [3.05, 3.63) is 158 Å². The summed E-state index contributed by atoms with van der Waals surface area (Å²) in [6, 6.07) is -0.935. The standard InChI is InChI=1S/C76H129N2O6P/c1-6-8-10-12-14-16-18-20-22-24-26-28-30-32-34-35-36-37-38-39-40-41-42-43-44-46-48-50-52-54-56-58-60-62-64-66-68-70-76(80)77-74(73-84-85(81,82)83-72-71-78(3,4)5)75(79)69-67-65-63-61-59-57-55-53-51-49-47-45-33-31-29-27-25-23-21-19-17-15-13-11-9-7-2/h8,10,14,16,20,22,26,28,32,34,36-37,39-40,42-43,46,48,52,54,58-61,67,69,74-75,79H,6-7,9,11-13,15,17-19,21,23-25,27,29-31,33,35,38,41,44-45,47,49-51,53,55-57,62-66,68,70-73H2,1-5H3,(H-,77,80,81,82)/b10-8-,16-14-,22-20-,28-26-,34-32-,37-36-,40-39-,43-42-,48-46-,54-52-,60-58-,61-59+,69-67+. The first-order valence-corrected chi connectivity index (χ1v) is 35.8. The summed E-state index contributed by atoms with van der Waals surface area (Å²) < 4.78 is 23.4. The lowest BCUT2D eigenvalue weighted by atomic mass is 10.0. The van der Waals surface area contributed by atoms with E-state index >= 15 is 0 Å². The minimum Gasteiger partial charge on any atom is -0.756 e. The maximum atomic E-state index is 13.0. The molecule has 0 radical (unpaired) electrons. The van der Waals surface area contributed by atoms with Crippen molar-refractivity contribution in [2.24, 2.45) is 0 Å². The second-order valence-electron chi connectivity index (χ2n) is 23.8. The molecule has 85 heavy (non-hydrogen) atoms. The number of nitrogens with zero attached hydrogens (tertiary/aromatic N) is 1. The highest BCUT2D eigenvalue weighted by Crippen LogP contribution is 2.38. The van der Waals surface area contributed by atoms with Crippen LogP contribution in [0, 0.1) is 0 Å². The van der Waals surface area contributed by atoms with Crippen LogP contribution in [0.3, 0.4) is 0 Å². The van der Waals surface area contributed by atoms with E-state index in [0.717, 1.165) is 109 Å². The van der Waals surface area contributed by atoms with Crippen LogP contribution in [0.5, 0.6) is 0 Å². The molecule has 0 aliphatic carbocycles. The van der Waals surface area contributed by atoms with E-state index in [2.05, 4.69) is 165 Å². The van der Waals surface area contributed by atoms with Crippen LogP contribution in [0.4, 0.5) is 0 Å². The molecule has 0 rings (SSSR count). The molecule has 1 amide bonds. The van der Waals surface area contributed by atoms with Gasteiger partial charge in [0.25, 0.3) is 7.82 Å². The molecule has 0 bridgehead atoms. The molecule has 484 valence electrons. The molecule has 0 saturated carbocycles. The summed E-state index contributed by atoms with van der Waals surface area (Å²) in [5.74, 6) is -0.244. The first kappa shape index (κ1) is 81.1. The topological polar surface area (TPSA) is 108 Å². The number of aliphatic hydroxyl groups excluding tert-OH is 1. The number of aliphatic hydroxyl groups is 1. The number of nitrogens with one attached hydrogen (secondary N) is 1. The van der Waals surface area contributed by atoms with Gasteiger partial charge in [-0.3, -0.25) is 9.36 Å². The molecular formula is C76H129N2O6P. The molecule has 0 aromatic rings. The number of quaternary nitrogens is 1. The number of unbranched alkanes of at least 4 members (excludes halogenated alkanes) is 24. The summed E-state index contributed by atoms with van der Waals surface area (Å²) in [4.78, 5) is 25.6. The smallest absolute Gasteiger partial charge is 0.268 e. The molecule has 3 unspecified atom stereocenters. The second-order valence-corrected chi connectivity index (χ2v) is 25.2. The van der Waals surface area contributed by atoms with Crippen molar-refractivity contribution in [2.75, 3.05) is 40.9 Å². The lowest BCUT2D eigenvalue weighted by Gasteiger charge is -2.29. The first-order chi connectivity index (χ1) is 41.5. The Morgan fingerprint density at radius 2 is 0.729 bits per heavy atom. The number of phosphoric acid groups is 1. The normalized spacial score (nSPS) is 14.7. The zero-order valence-electron chi connectivity index (χ0n) is 55.2. The van der Waals surface area contributed by atoms with Gasteiger partial charge in [-0.1, -0.05) is 300 Å². The Morgan fingerprint density at radius 1 is 0.424 bits per heavy atom. The highest BCUT2D eigenvalue weighted by atomic mass is 31.2.